The van der Waals surface area contributed by atoms with Gasteiger partial charge in [-0.2, -0.15) is 0 Å². The van der Waals surface area contributed by atoms with E-state index in [0.29, 0.717) is 0 Å². The molecule has 4 unspecified atom stereocenters. The van der Waals surface area contributed by atoms with Crippen molar-refractivity contribution in [3.63, 3.8) is 0 Å². The van der Waals surface area contributed by atoms with Crippen molar-refractivity contribution >= 4 is 0 Å². The summed E-state index contributed by atoms with van der Waals surface area (Å²) < 4.78 is 0. The van der Waals surface area contributed by atoms with Crippen molar-refractivity contribution in [1.82, 2.24) is 10.2 Å². The second-order valence-corrected chi connectivity index (χ2v) is 6.52. The zero-order valence-corrected chi connectivity index (χ0v) is 11.3. The van der Waals surface area contributed by atoms with Gasteiger partial charge >= 0.3 is 0 Å². The first-order valence-corrected chi connectivity index (χ1v) is 7.82. The van der Waals surface area contributed by atoms with Crippen LogP contribution < -0.4 is 5.32 Å². The lowest BCUT2D eigenvalue weighted by molar-refractivity contribution is 0.238. The van der Waals surface area contributed by atoms with E-state index in [-0.39, 0.29) is 0 Å². The maximum absolute atomic E-state index is 3.69. The first kappa shape index (κ1) is 12.0. The van der Waals surface area contributed by atoms with E-state index in [1.54, 1.807) is 0 Å². The molecule has 4 atom stereocenters. The third-order valence-corrected chi connectivity index (χ3v) is 5.42. The molecule has 17 heavy (non-hydrogen) atoms. The van der Waals surface area contributed by atoms with Crippen LogP contribution in [0.2, 0.25) is 0 Å². The van der Waals surface area contributed by atoms with E-state index in [1.165, 1.54) is 58.2 Å². The standard InChI is InChI=1S/C15H28N2/c1-2-16-15-8-4-7-14(15)11-17-9-12-5-3-6-13(12)10-17/h12-16H,2-11H2,1H3. The molecule has 98 valence electrons. The first-order valence-electron chi connectivity index (χ1n) is 7.82. The summed E-state index contributed by atoms with van der Waals surface area (Å²) in [5.41, 5.74) is 0. The number of hydrogen-bond donors (Lipinski definition) is 1. The molecule has 0 bridgehead atoms. The van der Waals surface area contributed by atoms with E-state index in [0.717, 1.165) is 30.3 Å². The molecule has 0 aromatic carbocycles. The number of fused-ring (bicyclic) bond motifs is 1. The second-order valence-electron chi connectivity index (χ2n) is 6.52. The van der Waals surface area contributed by atoms with Crippen molar-refractivity contribution in [2.75, 3.05) is 26.2 Å². The lowest BCUT2D eigenvalue weighted by atomic mass is 10.0. The zero-order chi connectivity index (χ0) is 11.7. The fourth-order valence-corrected chi connectivity index (χ4v) is 4.60. The van der Waals surface area contributed by atoms with Crippen LogP contribution in [0.5, 0.6) is 0 Å². The third-order valence-electron chi connectivity index (χ3n) is 5.42. The summed E-state index contributed by atoms with van der Waals surface area (Å²) >= 11 is 0. The second kappa shape index (κ2) is 5.27. The number of nitrogens with zero attached hydrogens (tertiary/aromatic N) is 1. The van der Waals surface area contributed by atoms with Crippen LogP contribution >= 0.6 is 0 Å². The first-order chi connectivity index (χ1) is 8.36. The molecule has 0 radical (unpaired) electrons. The van der Waals surface area contributed by atoms with E-state index in [4.69, 9.17) is 0 Å². The van der Waals surface area contributed by atoms with Crippen molar-refractivity contribution in [2.45, 2.75) is 51.5 Å². The summed E-state index contributed by atoms with van der Waals surface area (Å²) in [7, 11) is 0. The molecule has 3 aliphatic rings. The Bertz CT molecular complexity index is 241. The van der Waals surface area contributed by atoms with Crippen LogP contribution in [0.15, 0.2) is 0 Å². The summed E-state index contributed by atoms with van der Waals surface area (Å²) in [4.78, 5) is 2.79. The summed E-state index contributed by atoms with van der Waals surface area (Å²) in [5, 5.41) is 3.69. The maximum Gasteiger partial charge on any atom is 0.0107 e. The van der Waals surface area contributed by atoms with Gasteiger partial charge in [0.25, 0.3) is 0 Å². The minimum Gasteiger partial charge on any atom is -0.314 e. The van der Waals surface area contributed by atoms with Crippen LogP contribution in [0.1, 0.15) is 45.4 Å². The van der Waals surface area contributed by atoms with Crippen molar-refractivity contribution < 1.29 is 0 Å². The molecule has 2 nitrogen and oxygen atoms in total. The average Bonchev–Trinajstić information content (AvgIpc) is 2.95. The fourth-order valence-electron chi connectivity index (χ4n) is 4.60. The van der Waals surface area contributed by atoms with E-state index in [1.807, 2.05) is 0 Å². The fraction of sp³-hybridized carbons (Fsp3) is 1.00. The molecule has 1 N–H and O–H groups in total. The lowest BCUT2D eigenvalue weighted by Gasteiger charge is -2.26. The number of hydrogen-bond acceptors (Lipinski definition) is 2. The SMILES string of the molecule is CCNC1CCCC1CN1CC2CCCC2C1. The molecule has 1 heterocycles. The van der Waals surface area contributed by atoms with Crippen molar-refractivity contribution in [3.05, 3.63) is 0 Å². The number of nitrogens with one attached hydrogen (secondary N) is 1. The molecule has 3 fully saturated rings. The highest BCUT2D eigenvalue weighted by Crippen LogP contribution is 2.38. The van der Waals surface area contributed by atoms with Crippen LogP contribution in [0.25, 0.3) is 0 Å². The molecule has 2 aliphatic carbocycles. The molecule has 0 spiro atoms. The Hall–Kier alpha value is -0.0800. The smallest absolute Gasteiger partial charge is 0.0107 e. The quantitative estimate of drug-likeness (QED) is 0.807. The Morgan fingerprint density at radius 3 is 2.41 bits per heavy atom. The highest BCUT2D eigenvalue weighted by molar-refractivity contribution is 4.92. The zero-order valence-electron chi connectivity index (χ0n) is 11.3. The monoisotopic (exact) mass is 236 g/mol. The van der Waals surface area contributed by atoms with E-state index >= 15 is 0 Å². The van der Waals surface area contributed by atoms with Gasteiger partial charge in [-0.25, -0.2) is 0 Å². The largest absolute Gasteiger partial charge is 0.314 e. The van der Waals surface area contributed by atoms with E-state index in [9.17, 15) is 0 Å². The van der Waals surface area contributed by atoms with Crippen LogP contribution in [-0.4, -0.2) is 37.1 Å². The Kier molecular flexibility index (Phi) is 3.72. The topological polar surface area (TPSA) is 15.3 Å². The van der Waals surface area contributed by atoms with Gasteiger partial charge in [-0.05, 0) is 50.0 Å². The Labute approximate surface area is 106 Å². The van der Waals surface area contributed by atoms with Crippen LogP contribution in [0.3, 0.4) is 0 Å². The molecular weight excluding hydrogens is 208 g/mol. The molecule has 0 amide bonds. The van der Waals surface area contributed by atoms with Gasteiger partial charge in [0.05, 0.1) is 0 Å². The van der Waals surface area contributed by atoms with Crippen LogP contribution in [-0.2, 0) is 0 Å². The number of likely N-dealkylation sites (tertiary alicyclic amines) is 1. The van der Waals surface area contributed by atoms with Gasteiger partial charge in [-0.3, -0.25) is 0 Å². The molecule has 3 rings (SSSR count). The van der Waals surface area contributed by atoms with Crippen molar-refractivity contribution in [2.24, 2.45) is 17.8 Å². The highest BCUT2D eigenvalue weighted by atomic mass is 15.2. The maximum atomic E-state index is 3.69. The molecule has 2 saturated carbocycles. The minimum absolute atomic E-state index is 0.820. The molecular formula is C15H28N2. The van der Waals surface area contributed by atoms with Gasteiger partial charge in [0.2, 0.25) is 0 Å². The summed E-state index contributed by atoms with van der Waals surface area (Å²) in [5.74, 6) is 3.07. The summed E-state index contributed by atoms with van der Waals surface area (Å²) in [6.07, 6.45) is 8.86. The Morgan fingerprint density at radius 1 is 1.00 bits per heavy atom. The molecule has 0 aromatic heterocycles. The Balaban J connectivity index is 1.50. The van der Waals surface area contributed by atoms with Crippen molar-refractivity contribution in [3.8, 4) is 0 Å². The number of rotatable bonds is 4. The summed E-state index contributed by atoms with van der Waals surface area (Å²) in [6.45, 7) is 7.60. The van der Waals surface area contributed by atoms with Gasteiger partial charge in [0, 0.05) is 25.7 Å². The van der Waals surface area contributed by atoms with Crippen molar-refractivity contribution in [1.29, 1.82) is 0 Å². The molecule has 2 heteroatoms. The van der Waals surface area contributed by atoms with Gasteiger partial charge in [-0.1, -0.05) is 19.8 Å². The minimum atomic E-state index is 0.820. The summed E-state index contributed by atoms with van der Waals surface area (Å²) in [6, 6.07) is 0.820. The normalized spacial score (nSPS) is 42.2. The lowest BCUT2D eigenvalue weighted by Crippen LogP contribution is -2.38. The molecule has 1 saturated heterocycles. The molecule has 0 aromatic rings. The van der Waals surface area contributed by atoms with Crippen LogP contribution in [0, 0.1) is 17.8 Å². The van der Waals surface area contributed by atoms with Gasteiger partial charge < -0.3 is 10.2 Å². The van der Waals surface area contributed by atoms with Gasteiger partial charge in [0.1, 0.15) is 0 Å². The average molecular weight is 236 g/mol. The predicted octanol–water partition coefficient (Wildman–Crippen LogP) is 2.50. The van der Waals surface area contributed by atoms with E-state index < -0.39 is 0 Å². The van der Waals surface area contributed by atoms with E-state index in [2.05, 4.69) is 17.1 Å². The molecule has 1 aliphatic heterocycles. The van der Waals surface area contributed by atoms with Crippen LogP contribution in [0.4, 0.5) is 0 Å². The Morgan fingerprint density at radius 2 is 1.71 bits per heavy atom. The third kappa shape index (κ3) is 2.53. The van der Waals surface area contributed by atoms with Gasteiger partial charge in [0.15, 0.2) is 0 Å². The highest BCUT2D eigenvalue weighted by Gasteiger charge is 2.38. The predicted molar refractivity (Wildman–Crippen MR) is 72.1 cm³/mol. The van der Waals surface area contributed by atoms with Gasteiger partial charge in [-0.15, -0.1) is 0 Å².